The van der Waals surface area contributed by atoms with E-state index in [1.54, 1.807) is 0 Å². The third-order valence-corrected chi connectivity index (χ3v) is 5.77. The Morgan fingerprint density at radius 1 is 1.16 bits per heavy atom. The summed E-state index contributed by atoms with van der Waals surface area (Å²) in [5.41, 5.74) is 1.23. The van der Waals surface area contributed by atoms with E-state index in [4.69, 9.17) is 9.47 Å². The first-order chi connectivity index (χ1) is 12.3. The van der Waals surface area contributed by atoms with Crippen LogP contribution in [-0.2, 0) is 20.7 Å². The highest BCUT2D eigenvalue weighted by atomic mass is 16.5. The zero-order valence-electron chi connectivity index (χ0n) is 14.8. The van der Waals surface area contributed by atoms with Crippen molar-refractivity contribution in [1.29, 1.82) is 0 Å². The molecule has 3 heterocycles. The SMILES string of the molecule is O=C(C1CCOCC1)N1CC[C@@H](OCC2CC2)[C@@H]1Cc1ccncc1. The normalized spacial score (nSPS) is 27.6. The summed E-state index contributed by atoms with van der Waals surface area (Å²) >= 11 is 0. The van der Waals surface area contributed by atoms with E-state index in [0.717, 1.165) is 44.8 Å². The van der Waals surface area contributed by atoms with Crippen LogP contribution in [0.3, 0.4) is 0 Å². The molecule has 1 aliphatic carbocycles. The molecule has 3 fully saturated rings. The maximum absolute atomic E-state index is 13.1. The molecule has 0 N–H and O–H groups in total. The van der Waals surface area contributed by atoms with Gasteiger partial charge in [-0.2, -0.15) is 0 Å². The van der Waals surface area contributed by atoms with Gasteiger partial charge in [-0.05, 0) is 62.1 Å². The lowest BCUT2D eigenvalue weighted by atomic mass is 9.96. The Kier molecular flexibility index (Phi) is 5.32. The van der Waals surface area contributed by atoms with Crippen molar-refractivity contribution in [3.63, 3.8) is 0 Å². The summed E-state index contributed by atoms with van der Waals surface area (Å²) in [6, 6.07) is 4.25. The van der Waals surface area contributed by atoms with Crippen LogP contribution in [0.5, 0.6) is 0 Å². The second-order valence-corrected chi connectivity index (χ2v) is 7.65. The third-order valence-electron chi connectivity index (χ3n) is 5.77. The van der Waals surface area contributed by atoms with Crippen molar-refractivity contribution in [3.8, 4) is 0 Å². The van der Waals surface area contributed by atoms with Gasteiger partial charge in [0, 0.05) is 44.7 Å². The van der Waals surface area contributed by atoms with Crippen molar-refractivity contribution < 1.29 is 14.3 Å². The molecule has 0 aromatic carbocycles. The smallest absolute Gasteiger partial charge is 0.226 e. The largest absolute Gasteiger partial charge is 0.381 e. The number of hydrogen-bond donors (Lipinski definition) is 0. The van der Waals surface area contributed by atoms with Gasteiger partial charge in [0.25, 0.3) is 0 Å². The number of nitrogens with zero attached hydrogens (tertiary/aromatic N) is 2. The van der Waals surface area contributed by atoms with Crippen molar-refractivity contribution >= 4 is 5.91 Å². The van der Waals surface area contributed by atoms with Gasteiger partial charge in [-0.15, -0.1) is 0 Å². The second-order valence-electron chi connectivity index (χ2n) is 7.65. The zero-order valence-corrected chi connectivity index (χ0v) is 14.8. The molecule has 3 aliphatic rings. The van der Waals surface area contributed by atoms with Gasteiger partial charge >= 0.3 is 0 Å². The number of aromatic nitrogens is 1. The summed E-state index contributed by atoms with van der Waals surface area (Å²) in [5, 5.41) is 0. The number of carbonyl (C=O) groups excluding carboxylic acids is 1. The quantitative estimate of drug-likeness (QED) is 0.795. The molecule has 5 heteroatoms. The molecule has 25 heavy (non-hydrogen) atoms. The molecule has 2 aliphatic heterocycles. The first kappa shape index (κ1) is 17.0. The zero-order chi connectivity index (χ0) is 17.1. The van der Waals surface area contributed by atoms with E-state index in [1.165, 1.54) is 18.4 Å². The van der Waals surface area contributed by atoms with Crippen molar-refractivity contribution in [2.24, 2.45) is 11.8 Å². The first-order valence-electron chi connectivity index (χ1n) is 9.70. The minimum Gasteiger partial charge on any atom is -0.381 e. The van der Waals surface area contributed by atoms with Gasteiger partial charge in [-0.3, -0.25) is 9.78 Å². The minimum atomic E-state index is 0.121. The average Bonchev–Trinajstić information content (AvgIpc) is 3.42. The van der Waals surface area contributed by atoms with Gasteiger partial charge in [-0.1, -0.05) is 0 Å². The highest BCUT2D eigenvalue weighted by Gasteiger charge is 2.40. The molecular weight excluding hydrogens is 316 g/mol. The predicted molar refractivity (Wildman–Crippen MR) is 94.1 cm³/mol. The molecule has 136 valence electrons. The van der Waals surface area contributed by atoms with E-state index in [9.17, 15) is 4.79 Å². The fourth-order valence-corrected chi connectivity index (χ4v) is 4.02. The van der Waals surface area contributed by atoms with Crippen LogP contribution in [0.2, 0.25) is 0 Å². The lowest BCUT2D eigenvalue weighted by Crippen LogP contribution is -2.45. The van der Waals surface area contributed by atoms with Gasteiger partial charge in [0.15, 0.2) is 0 Å². The van der Waals surface area contributed by atoms with Gasteiger partial charge in [0.1, 0.15) is 0 Å². The molecule has 1 aromatic rings. The van der Waals surface area contributed by atoms with Crippen molar-refractivity contribution in [1.82, 2.24) is 9.88 Å². The van der Waals surface area contributed by atoms with Gasteiger partial charge < -0.3 is 14.4 Å². The van der Waals surface area contributed by atoms with E-state index in [1.807, 2.05) is 24.5 Å². The summed E-state index contributed by atoms with van der Waals surface area (Å²) < 4.78 is 11.7. The van der Waals surface area contributed by atoms with Crippen LogP contribution in [0, 0.1) is 11.8 Å². The number of amides is 1. The summed E-state index contributed by atoms with van der Waals surface area (Å²) in [5.74, 6) is 1.18. The van der Waals surface area contributed by atoms with E-state index >= 15 is 0 Å². The molecule has 2 atom stereocenters. The third kappa shape index (κ3) is 4.21. The molecular formula is C20H28N2O3. The highest BCUT2D eigenvalue weighted by molar-refractivity contribution is 5.79. The van der Waals surface area contributed by atoms with Crippen LogP contribution in [0.15, 0.2) is 24.5 Å². The Morgan fingerprint density at radius 3 is 2.64 bits per heavy atom. The fourth-order valence-electron chi connectivity index (χ4n) is 4.02. The summed E-state index contributed by atoms with van der Waals surface area (Å²) in [4.78, 5) is 19.3. The van der Waals surface area contributed by atoms with Crippen LogP contribution in [0.1, 0.15) is 37.7 Å². The van der Waals surface area contributed by atoms with Gasteiger partial charge in [-0.25, -0.2) is 0 Å². The van der Waals surface area contributed by atoms with Crippen LogP contribution < -0.4 is 0 Å². The van der Waals surface area contributed by atoms with Crippen molar-refractivity contribution in [2.75, 3.05) is 26.4 Å². The van der Waals surface area contributed by atoms with Crippen LogP contribution in [-0.4, -0.2) is 54.3 Å². The van der Waals surface area contributed by atoms with Crippen molar-refractivity contribution in [2.45, 2.75) is 50.7 Å². The Morgan fingerprint density at radius 2 is 1.92 bits per heavy atom. The monoisotopic (exact) mass is 344 g/mol. The Balaban J connectivity index is 1.46. The van der Waals surface area contributed by atoms with Gasteiger partial charge in [0.2, 0.25) is 5.91 Å². The molecule has 5 nitrogen and oxygen atoms in total. The highest BCUT2D eigenvalue weighted by Crippen LogP contribution is 2.33. The molecule has 2 saturated heterocycles. The predicted octanol–water partition coefficient (Wildman–Crippen LogP) is 2.45. The molecule has 0 unspecified atom stereocenters. The van der Waals surface area contributed by atoms with E-state index in [2.05, 4.69) is 9.88 Å². The van der Waals surface area contributed by atoms with E-state index < -0.39 is 0 Å². The molecule has 1 amide bonds. The standard InChI is InChI=1S/C20H28N2O3/c23-20(17-6-11-24-12-7-17)22-10-5-19(25-14-16-1-2-16)18(22)13-15-3-8-21-9-4-15/h3-4,8-9,16-19H,1-2,5-7,10-14H2/t18-,19+/m0/s1. The number of hydrogen-bond acceptors (Lipinski definition) is 4. The van der Waals surface area contributed by atoms with Gasteiger partial charge in [0.05, 0.1) is 12.1 Å². The molecule has 0 bridgehead atoms. The Hall–Kier alpha value is -1.46. The topological polar surface area (TPSA) is 51.7 Å². The number of likely N-dealkylation sites (tertiary alicyclic amines) is 1. The van der Waals surface area contributed by atoms with E-state index in [0.29, 0.717) is 19.1 Å². The maximum Gasteiger partial charge on any atom is 0.226 e. The average molecular weight is 344 g/mol. The van der Waals surface area contributed by atoms with Crippen LogP contribution in [0.25, 0.3) is 0 Å². The van der Waals surface area contributed by atoms with Crippen LogP contribution in [0.4, 0.5) is 0 Å². The van der Waals surface area contributed by atoms with E-state index in [-0.39, 0.29) is 18.1 Å². The number of rotatable bonds is 6. The maximum atomic E-state index is 13.1. The first-order valence-corrected chi connectivity index (χ1v) is 9.70. The summed E-state index contributed by atoms with van der Waals surface area (Å²) in [6.45, 7) is 3.10. The molecule has 1 aromatic heterocycles. The number of carbonyl (C=O) groups is 1. The number of pyridine rings is 1. The molecule has 1 saturated carbocycles. The lowest BCUT2D eigenvalue weighted by Gasteiger charge is -2.32. The lowest BCUT2D eigenvalue weighted by molar-refractivity contribution is -0.140. The molecule has 4 rings (SSSR count). The summed E-state index contributed by atoms with van der Waals surface area (Å²) in [7, 11) is 0. The summed E-state index contributed by atoms with van der Waals surface area (Å²) in [6.07, 6.45) is 9.93. The number of ether oxygens (including phenoxy) is 2. The minimum absolute atomic E-state index is 0.121. The van der Waals surface area contributed by atoms with Crippen LogP contribution >= 0.6 is 0 Å². The Labute approximate surface area is 149 Å². The molecule has 0 radical (unpaired) electrons. The molecule has 0 spiro atoms. The fraction of sp³-hybridized carbons (Fsp3) is 0.700. The Bertz CT molecular complexity index is 570. The second kappa shape index (κ2) is 7.83. The van der Waals surface area contributed by atoms with Crippen molar-refractivity contribution in [3.05, 3.63) is 30.1 Å².